The molecule has 2 aromatic carbocycles. The average Bonchev–Trinajstić information content (AvgIpc) is 2.71. The lowest BCUT2D eigenvalue weighted by Crippen LogP contribution is -2.49. The predicted molar refractivity (Wildman–Crippen MR) is 114 cm³/mol. The zero-order chi connectivity index (χ0) is 19.4. The van der Waals surface area contributed by atoms with Crippen molar-refractivity contribution in [3.05, 3.63) is 58.6 Å². The van der Waals surface area contributed by atoms with Crippen LogP contribution in [0.5, 0.6) is 0 Å². The number of carbonyl (C=O) groups is 1. The van der Waals surface area contributed by atoms with E-state index in [1.807, 2.05) is 47.4 Å². The lowest BCUT2D eigenvalue weighted by atomic mass is 10.1. The van der Waals surface area contributed by atoms with E-state index in [1.54, 1.807) is 0 Å². The molecular formula is C22H28ClN3O. The third-order valence-corrected chi connectivity index (χ3v) is 5.56. The fourth-order valence-corrected chi connectivity index (χ4v) is 3.83. The maximum Gasteiger partial charge on any atom is 0.253 e. The maximum absolute atomic E-state index is 12.9. The smallest absolute Gasteiger partial charge is 0.253 e. The van der Waals surface area contributed by atoms with Gasteiger partial charge in [0.1, 0.15) is 0 Å². The molecule has 0 N–H and O–H groups in total. The highest BCUT2D eigenvalue weighted by atomic mass is 35.5. The van der Waals surface area contributed by atoms with E-state index in [2.05, 4.69) is 30.6 Å². The van der Waals surface area contributed by atoms with Gasteiger partial charge < -0.3 is 14.7 Å². The van der Waals surface area contributed by atoms with Crippen molar-refractivity contribution in [1.82, 2.24) is 4.90 Å². The molecule has 0 radical (unpaired) electrons. The van der Waals surface area contributed by atoms with Crippen LogP contribution in [0.15, 0.2) is 42.5 Å². The Kier molecular flexibility index (Phi) is 6.27. The molecule has 0 spiro atoms. The largest absolute Gasteiger partial charge is 0.372 e. The van der Waals surface area contributed by atoms with Gasteiger partial charge in [-0.15, -0.1) is 0 Å². The second-order valence-corrected chi connectivity index (χ2v) is 7.37. The number of anilines is 2. The molecule has 1 heterocycles. The van der Waals surface area contributed by atoms with Crippen LogP contribution in [0.4, 0.5) is 11.4 Å². The quantitative estimate of drug-likeness (QED) is 0.760. The summed E-state index contributed by atoms with van der Waals surface area (Å²) in [5.74, 6) is 0.114. The second-order valence-electron chi connectivity index (χ2n) is 6.93. The summed E-state index contributed by atoms with van der Waals surface area (Å²) in [5, 5.41) is 0.752. The van der Waals surface area contributed by atoms with Gasteiger partial charge in [0, 0.05) is 61.2 Å². The van der Waals surface area contributed by atoms with Crippen LogP contribution >= 0.6 is 11.6 Å². The third kappa shape index (κ3) is 4.38. The molecule has 3 rings (SSSR count). The number of hydrogen-bond acceptors (Lipinski definition) is 3. The number of piperazine rings is 1. The second kappa shape index (κ2) is 8.66. The molecule has 1 aliphatic heterocycles. The first kappa shape index (κ1) is 19.6. The van der Waals surface area contributed by atoms with Gasteiger partial charge in [0.05, 0.1) is 0 Å². The van der Waals surface area contributed by atoms with Crippen LogP contribution in [0.25, 0.3) is 0 Å². The van der Waals surface area contributed by atoms with Gasteiger partial charge in [0.2, 0.25) is 0 Å². The van der Waals surface area contributed by atoms with Crippen LogP contribution in [0.3, 0.4) is 0 Å². The van der Waals surface area contributed by atoms with Crippen LogP contribution < -0.4 is 9.80 Å². The highest BCUT2D eigenvalue weighted by molar-refractivity contribution is 6.30. The molecule has 1 fully saturated rings. The topological polar surface area (TPSA) is 26.8 Å². The molecule has 0 aromatic heterocycles. The number of rotatable bonds is 5. The van der Waals surface area contributed by atoms with Crippen LogP contribution in [-0.2, 0) is 0 Å². The summed E-state index contributed by atoms with van der Waals surface area (Å²) in [6.45, 7) is 11.4. The van der Waals surface area contributed by atoms with Gasteiger partial charge in [-0.2, -0.15) is 0 Å². The highest BCUT2D eigenvalue weighted by Gasteiger charge is 2.23. The molecule has 2 aromatic rings. The Morgan fingerprint density at radius 3 is 2.22 bits per heavy atom. The van der Waals surface area contributed by atoms with Crippen molar-refractivity contribution < 1.29 is 4.79 Å². The average molecular weight is 386 g/mol. The molecule has 0 saturated carbocycles. The van der Waals surface area contributed by atoms with E-state index < -0.39 is 0 Å². The number of amides is 1. The number of nitrogens with zero attached hydrogens (tertiary/aromatic N) is 3. The third-order valence-electron chi connectivity index (χ3n) is 5.32. The first-order chi connectivity index (χ1) is 13.0. The van der Waals surface area contributed by atoms with Crippen LogP contribution in [0, 0.1) is 6.92 Å². The Balaban J connectivity index is 1.64. The molecule has 0 atom stereocenters. The van der Waals surface area contributed by atoms with E-state index >= 15 is 0 Å². The highest BCUT2D eigenvalue weighted by Crippen LogP contribution is 2.25. The molecule has 5 heteroatoms. The fraction of sp³-hybridized carbons (Fsp3) is 0.409. The molecule has 27 heavy (non-hydrogen) atoms. The summed E-state index contributed by atoms with van der Waals surface area (Å²) in [6, 6.07) is 14.0. The van der Waals surface area contributed by atoms with Crippen molar-refractivity contribution in [2.24, 2.45) is 0 Å². The van der Waals surface area contributed by atoms with Gasteiger partial charge >= 0.3 is 0 Å². The minimum Gasteiger partial charge on any atom is -0.372 e. The normalized spacial score (nSPS) is 14.4. The molecule has 144 valence electrons. The van der Waals surface area contributed by atoms with Gasteiger partial charge in [-0.05, 0) is 62.7 Å². The van der Waals surface area contributed by atoms with E-state index in [9.17, 15) is 4.79 Å². The number of halogens is 1. The molecule has 0 bridgehead atoms. The van der Waals surface area contributed by atoms with Crippen molar-refractivity contribution in [3.63, 3.8) is 0 Å². The minimum absolute atomic E-state index is 0.114. The van der Waals surface area contributed by atoms with E-state index in [1.165, 1.54) is 5.56 Å². The molecule has 4 nitrogen and oxygen atoms in total. The number of aryl methyl sites for hydroxylation is 1. The lowest BCUT2D eigenvalue weighted by molar-refractivity contribution is 0.0747. The summed E-state index contributed by atoms with van der Waals surface area (Å²) in [5.41, 5.74) is 4.31. The first-order valence-corrected chi connectivity index (χ1v) is 10.1. The lowest BCUT2D eigenvalue weighted by Gasteiger charge is -2.37. The molecule has 0 unspecified atom stereocenters. The predicted octanol–water partition coefficient (Wildman–Crippen LogP) is 4.46. The standard InChI is InChI=1S/C22H28ClN3O/c1-4-24(5-2)20-10-7-18(8-11-20)22(27)26-14-12-25(13-15-26)21-16-19(23)9-6-17(21)3/h6-11,16H,4-5,12-15H2,1-3H3. The van der Waals surface area contributed by atoms with Gasteiger partial charge in [-0.3, -0.25) is 4.79 Å². The van der Waals surface area contributed by atoms with E-state index in [-0.39, 0.29) is 5.91 Å². The van der Waals surface area contributed by atoms with Crippen molar-refractivity contribution in [2.75, 3.05) is 49.1 Å². The number of benzene rings is 2. The van der Waals surface area contributed by atoms with E-state index in [4.69, 9.17) is 11.6 Å². The maximum atomic E-state index is 12.9. The Labute approximate surface area is 167 Å². The molecule has 1 aliphatic rings. The van der Waals surface area contributed by atoms with Crippen molar-refractivity contribution >= 4 is 28.9 Å². The SMILES string of the molecule is CCN(CC)c1ccc(C(=O)N2CCN(c3cc(Cl)ccc3C)CC2)cc1. The Morgan fingerprint density at radius 2 is 1.63 bits per heavy atom. The Bertz CT molecular complexity index is 779. The van der Waals surface area contributed by atoms with Crippen molar-refractivity contribution in [1.29, 1.82) is 0 Å². The summed E-state index contributed by atoms with van der Waals surface area (Å²) in [6.07, 6.45) is 0. The number of hydrogen-bond donors (Lipinski definition) is 0. The summed E-state index contributed by atoms with van der Waals surface area (Å²) in [7, 11) is 0. The Hall–Kier alpha value is -2.20. The van der Waals surface area contributed by atoms with Crippen molar-refractivity contribution in [2.45, 2.75) is 20.8 Å². The number of carbonyl (C=O) groups excluding carboxylic acids is 1. The zero-order valence-electron chi connectivity index (χ0n) is 16.4. The monoisotopic (exact) mass is 385 g/mol. The molecule has 1 amide bonds. The minimum atomic E-state index is 0.114. The van der Waals surface area contributed by atoms with Crippen LogP contribution in [0.1, 0.15) is 29.8 Å². The molecule has 1 saturated heterocycles. The van der Waals surface area contributed by atoms with Crippen LogP contribution in [-0.4, -0.2) is 50.1 Å². The first-order valence-electron chi connectivity index (χ1n) is 9.68. The molecule has 0 aliphatic carbocycles. The van der Waals surface area contributed by atoms with Gasteiger partial charge in [-0.25, -0.2) is 0 Å². The van der Waals surface area contributed by atoms with Gasteiger partial charge in [0.25, 0.3) is 5.91 Å². The summed E-state index contributed by atoms with van der Waals surface area (Å²) >= 11 is 6.16. The van der Waals surface area contributed by atoms with E-state index in [0.717, 1.165) is 61.2 Å². The zero-order valence-corrected chi connectivity index (χ0v) is 17.2. The summed E-state index contributed by atoms with van der Waals surface area (Å²) < 4.78 is 0. The van der Waals surface area contributed by atoms with Gasteiger partial charge in [-0.1, -0.05) is 17.7 Å². The van der Waals surface area contributed by atoms with Crippen LogP contribution in [0.2, 0.25) is 5.02 Å². The van der Waals surface area contributed by atoms with Gasteiger partial charge in [0.15, 0.2) is 0 Å². The fourth-order valence-electron chi connectivity index (χ4n) is 3.66. The summed E-state index contributed by atoms with van der Waals surface area (Å²) in [4.78, 5) is 19.4. The van der Waals surface area contributed by atoms with E-state index in [0.29, 0.717) is 0 Å². The molecular weight excluding hydrogens is 358 g/mol. The Morgan fingerprint density at radius 1 is 1.00 bits per heavy atom. The van der Waals surface area contributed by atoms with Crippen molar-refractivity contribution in [3.8, 4) is 0 Å².